The Morgan fingerprint density at radius 1 is 1.04 bits per heavy atom. The first kappa shape index (κ1) is 16.3. The van der Waals surface area contributed by atoms with Crippen molar-refractivity contribution in [2.75, 3.05) is 39.4 Å². The second-order valence-corrected chi connectivity index (χ2v) is 6.64. The monoisotopic (exact) mass is 317 g/mol. The van der Waals surface area contributed by atoms with Gasteiger partial charge < -0.3 is 14.5 Å². The van der Waals surface area contributed by atoms with Crippen molar-refractivity contribution in [3.63, 3.8) is 0 Å². The van der Waals surface area contributed by atoms with Gasteiger partial charge in [0, 0.05) is 44.8 Å². The number of amides is 2. The first-order valence-corrected chi connectivity index (χ1v) is 8.56. The van der Waals surface area contributed by atoms with Gasteiger partial charge in [0.2, 0.25) is 0 Å². The topological polar surface area (TPSA) is 36.0 Å². The van der Waals surface area contributed by atoms with Gasteiger partial charge in [-0.05, 0) is 19.4 Å². The first-order valence-electron chi connectivity index (χ1n) is 8.56. The fourth-order valence-electron chi connectivity index (χ4n) is 3.57. The average molecular weight is 317 g/mol. The molecular weight excluding hydrogens is 290 g/mol. The molecule has 2 heterocycles. The Labute approximate surface area is 138 Å². The maximum atomic E-state index is 12.7. The van der Waals surface area contributed by atoms with Gasteiger partial charge in [-0.3, -0.25) is 4.90 Å². The van der Waals surface area contributed by atoms with Gasteiger partial charge in [-0.15, -0.1) is 0 Å². The molecule has 5 nitrogen and oxygen atoms in total. The number of ether oxygens (including phenoxy) is 1. The molecule has 0 bridgehead atoms. The molecule has 2 unspecified atom stereocenters. The number of carbonyl (C=O) groups is 1. The van der Waals surface area contributed by atoms with Gasteiger partial charge in [0.15, 0.2) is 0 Å². The summed E-state index contributed by atoms with van der Waals surface area (Å²) in [7, 11) is 0. The molecule has 2 saturated heterocycles. The fourth-order valence-corrected chi connectivity index (χ4v) is 3.57. The highest BCUT2D eigenvalue weighted by atomic mass is 16.5. The summed E-state index contributed by atoms with van der Waals surface area (Å²) >= 11 is 0. The summed E-state index contributed by atoms with van der Waals surface area (Å²) in [6.45, 7) is 9.73. The van der Waals surface area contributed by atoms with E-state index in [1.54, 1.807) is 0 Å². The van der Waals surface area contributed by atoms with Gasteiger partial charge in [-0.2, -0.15) is 0 Å². The van der Waals surface area contributed by atoms with Crippen LogP contribution in [0.4, 0.5) is 4.79 Å². The Kier molecular flexibility index (Phi) is 5.18. The van der Waals surface area contributed by atoms with E-state index in [4.69, 9.17) is 4.74 Å². The molecule has 0 N–H and O–H groups in total. The Morgan fingerprint density at radius 2 is 1.65 bits per heavy atom. The van der Waals surface area contributed by atoms with Crippen LogP contribution < -0.4 is 0 Å². The number of nitrogens with zero attached hydrogens (tertiary/aromatic N) is 3. The van der Waals surface area contributed by atoms with Crippen molar-refractivity contribution in [3.8, 4) is 0 Å². The van der Waals surface area contributed by atoms with Crippen molar-refractivity contribution in [2.24, 2.45) is 0 Å². The second kappa shape index (κ2) is 7.32. The van der Waals surface area contributed by atoms with E-state index in [-0.39, 0.29) is 6.03 Å². The van der Waals surface area contributed by atoms with Crippen LogP contribution in [0.3, 0.4) is 0 Å². The largest absolute Gasteiger partial charge is 0.378 e. The van der Waals surface area contributed by atoms with Crippen LogP contribution >= 0.6 is 0 Å². The Balaban J connectivity index is 1.61. The number of benzene rings is 1. The summed E-state index contributed by atoms with van der Waals surface area (Å²) in [5.41, 5.74) is 1.33. The summed E-state index contributed by atoms with van der Waals surface area (Å²) in [5, 5.41) is 0. The maximum Gasteiger partial charge on any atom is 0.320 e. The minimum absolute atomic E-state index is 0.173. The highest BCUT2D eigenvalue weighted by Gasteiger charge is 2.33. The maximum absolute atomic E-state index is 12.7. The summed E-state index contributed by atoms with van der Waals surface area (Å²) in [4.78, 5) is 19.1. The molecule has 0 aromatic heterocycles. The number of urea groups is 1. The molecule has 126 valence electrons. The molecule has 2 aliphatic rings. The van der Waals surface area contributed by atoms with E-state index in [0.29, 0.717) is 38.4 Å². The highest BCUT2D eigenvalue weighted by molar-refractivity contribution is 5.74. The van der Waals surface area contributed by atoms with Crippen molar-refractivity contribution in [1.29, 1.82) is 0 Å². The van der Waals surface area contributed by atoms with Crippen molar-refractivity contribution in [3.05, 3.63) is 35.9 Å². The number of piperazine rings is 1. The predicted octanol–water partition coefficient (Wildman–Crippen LogP) is 2.03. The molecule has 1 aromatic carbocycles. The quantitative estimate of drug-likeness (QED) is 0.837. The average Bonchev–Trinajstić information content (AvgIpc) is 2.59. The predicted molar refractivity (Wildman–Crippen MR) is 90.3 cm³/mol. The molecular formula is C18H27N3O2. The third kappa shape index (κ3) is 3.85. The lowest BCUT2D eigenvalue weighted by Gasteiger charge is -2.46. The molecule has 0 radical (unpaired) electrons. The summed E-state index contributed by atoms with van der Waals surface area (Å²) in [5.74, 6) is 0. The number of carbonyl (C=O) groups excluding carboxylic acids is 1. The van der Waals surface area contributed by atoms with E-state index in [0.717, 1.165) is 19.6 Å². The van der Waals surface area contributed by atoms with E-state index in [1.165, 1.54) is 5.56 Å². The molecule has 2 fully saturated rings. The van der Waals surface area contributed by atoms with Crippen LogP contribution in [0, 0.1) is 0 Å². The third-order valence-corrected chi connectivity index (χ3v) is 4.86. The normalized spacial score (nSPS) is 26.3. The van der Waals surface area contributed by atoms with Crippen molar-refractivity contribution >= 4 is 6.03 Å². The van der Waals surface area contributed by atoms with Gasteiger partial charge >= 0.3 is 6.03 Å². The molecule has 3 rings (SSSR count). The van der Waals surface area contributed by atoms with E-state index >= 15 is 0 Å². The van der Waals surface area contributed by atoms with E-state index < -0.39 is 0 Å². The second-order valence-electron chi connectivity index (χ2n) is 6.64. The lowest BCUT2D eigenvalue weighted by atomic mass is 10.1. The molecule has 2 aliphatic heterocycles. The minimum Gasteiger partial charge on any atom is -0.378 e. The van der Waals surface area contributed by atoms with Gasteiger partial charge in [-0.1, -0.05) is 30.3 Å². The standard InChI is InChI=1S/C18H27N3O2/c1-15-12-20(18(22)19-8-10-23-11-9-19)13-16(2)21(15)14-17-6-4-3-5-7-17/h3-7,15-16H,8-14H2,1-2H3. The summed E-state index contributed by atoms with van der Waals surface area (Å²) in [6.07, 6.45) is 0. The minimum atomic E-state index is 0.173. The molecule has 23 heavy (non-hydrogen) atoms. The van der Waals surface area contributed by atoms with Crippen LogP contribution in [-0.4, -0.2) is 72.2 Å². The zero-order chi connectivity index (χ0) is 16.2. The van der Waals surface area contributed by atoms with Gasteiger partial charge in [0.25, 0.3) is 0 Å². The number of rotatable bonds is 2. The molecule has 0 saturated carbocycles. The van der Waals surface area contributed by atoms with E-state index in [9.17, 15) is 4.79 Å². The Hall–Kier alpha value is -1.59. The van der Waals surface area contributed by atoms with Gasteiger partial charge in [0.1, 0.15) is 0 Å². The van der Waals surface area contributed by atoms with Crippen molar-refractivity contribution in [1.82, 2.24) is 14.7 Å². The fraction of sp³-hybridized carbons (Fsp3) is 0.611. The van der Waals surface area contributed by atoms with Crippen LogP contribution in [0.15, 0.2) is 30.3 Å². The number of hydrogen-bond donors (Lipinski definition) is 0. The van der Waals surface area contributed by atoms with Crippen LogP contribution in [0.2, 0.25) is 0 Å². The molecule has 5 heteroatoms. The first-order chi connectivity index (χ1) is 11.1. The zero-order valence-corrected chi connectivity index (χ0v) is 14.1. The zero-order valence-electron chi connectivity index (χ0n) is 14.1. The molecule has 2 amide bonds. The van der Waals surface area contributed by atoms with Crippen LogP contribution in [0.25, 0.3) is 0 Å². The Morgan fingerprint density at radius 3 is 2.26 bits per heavy atom. The number of hydrogen-bond acceptors (Lipinski definition) is 3. The van der Waals surface area contributed by atoms with Crippen molar-refractivity contribution in [2.45, 2.75) is 32.5 Å². The van der Waals surface area contributed by atoms with Gasteiger partial charge in [-0.25, -0.2) is 4.79 Å². The molecule has 2 atom stereocenters. The van der Waals surface area contributed by atoms with Gasteiger partial charge in [0.05, 0.1) is 13.2 Å². The summed E-state index contributed by atoms with van der Waals surface area (Å²) < 4.78 is 5.34. The van der Waals surface area contributed by atoms with Crippen LogP contribution in [0.5, 0.6) is 0 Å². The molecule has 0 spiro atoms. The lowest BCUT2D eigenvalue weighted by Crippen LogP contribution is -2.60. The summed E-state index contributed by atoms with van der Waals surface area (Å²) in [6, 6.07) is 11.5. The smallest absolute Gasteiger partial charge is 0.320 e. The third-order valence-electron chi connectivity index (χ3n) is 4.86. The SMILES string of the molecule is CC1CN(C(=O)N2CCOCC2)CC(C)N1Cc1ccccc1. The van der Waals surface area contributed by atoms with E-state index in [1.807, 2.05) is 9.80 Å². The van der Waals surface area contributed by atoms with E-state index in [2.05, 4.69) is 49.1 Å². The lowest BCUT2D eigenvalue weighted by molar-refractivity contribution is 0.0162. The number of morpholine rings is 1. The van der Waals surface area contributed by atoms with Crippen LogP contribution in [-0.2, 0) is 11.3 Å². The van der Waals surface area contributed by atoms with Crippen molar-refractivity contribution < 1.29 is 9.53 Å². The highest BCUT2D eigenvalue weighted by Crippen LogP contribution is 2.20. The molecule has 1 aromatic rings. The molecule has 0 aliphatic carbocycles. The Bertz CT molecular complexity index is 504. The van der Waals surface area contributed by atoms with Crippen LogP contribution in [0.1, 0.15) is 19.4 Å².